The van der Waals surface area contributed by atoms with Crippen molar-refractivity contribution in [2.75, 3.05) is 94.1 Å². The van der Waals surface area contributed by atoms with Crippen molar-refractivity contribution in [1.82, 2.24) is 49.6 Å². The summed E-state index contributed by atoms with van der Waals surface area (Å²) in [6, 6.07) is 5.05. The molecule has 8 aliphatic rings. The number of aromatic nitrogens is 4. The number of carbonyl (C=O) groups is 7. The van der Waals surface area contributed by atoms with Gasteiger partial charge in [0.25, 0.3) is 11.8 Å². The summed E-state index contributed by atoms with van der Waals surface area (Å²) in [4.78, 5) is 113. The van der Waals surface area contributed by atoms with Gasteiger partial charge in [-0.05, 0) is 146 Å². The van der Waals surface area contributed by atoms with Crippen LogP contribution >= 0.6 is 0 Å². The lowest BCUT2D eigenvalue weighted by Gasteiger charge is -2.48. The molecule has 21 nitrogen and oxygen atoms in total. The minimum atomic E-state index is -0.970. The van der Waals surface area contributed by atoms with Gasteiger partial charge in [-0.1, -0.05) is 0 Å². The average molecular weight is 1070 g/mol. The van der Waals surface area contributed by atoms with Crippen molar-refractivity contribution in [2.24, 2.45) is 30.2 Å². The standard InChI is InChI=1S/C57H77N13O8/c1-3-78-55(77)46-34-58-56(61-41-33-59-64(2)36-41)63-49(46)60-40-8-10-42(11-9-40)67-28-30-69(31-29-67)52(74)39-6-4-38(5-7-39)51(73)68-22-16-37(17-23-68)35-65-24-18-57(19-25-65)20-26-66(27-21-57)43-12-13-44-45(32-43)54(76)70(53(44)75)47-14-15-48(71)62-50(47)72/h12-13,32-34,36-40,42,47H,3-11,14-31,35H2,1-2H3,(H,62,71,72)(H2,58,60,61,63). The van der Waals surface area contributed by atoms with Crippen LogP contribution in [0.1, 0.15) is 141 Å². The highest BCUT2D eigenvalue weighted by Crippen LogP contribution is 2.43. The number of aryl methyl sites for hydroxylation is 1. The molecule has 21 heteroatoms. The highest BCUT2D eigenvalue weighted by atomic mass is 16.5. The molecular weight excluding hydrogens is 995 g/mol. The van der Waals surface area contributed by atoms with Gasteiger partial charge in [-0.2, -0.15) is 10.1 Å². The first kappa shape index (κ1) is 53.5. The Morgan fingerprint density at radius 3 is 2.04 bits per heavy atom. The zero-order valence-corrected chi connectivity index (χ0v) is 45.5. The van der Waals surface area contributed by atoms with Crippen LogP contribution in [-0.4, -0.2) is 182 Å². The average Bonchev–Trinajstić information content (AvgIpc) is 4.17. The third kappa shape index (κ3) is 11.5. The molecule has 6 amide bonds. The van der Waals surface area contributed by atoms with Gasteiger partial charge in [-0.25, -0.2) is 9.78 Å². The van der Waals surface area contributed by atoms with E-state index < -0.39 is 29.7 Å². The Morgan fingerprint density at radius 2 is 1.40 bits per heavy atom. The number of hydrogen-bond acceptors (Lipinski definition) is 16. The Bertz CT molecular complexity index is 2740. The Morgan fingerprint density at radius 1 is 0.744 bits per heavy atom. The van der Waals surface area contributed by atoms with E-state index in [0.29, 0.717) is 45.8 Å². The van der Waals surface area contributed by atoms with Gasteiger partial charge < -0.3 is 35.0 Å². The van der Waals surface area contributed by atoms with Crippen LogP contribution in [0.2, 0.25) is 0 Å². The molecule has 1 aromatic carbocycles. The summed E-state index contributed by atoms with van der Waals surface area (Å²) in [6.45, 7) is 11.9. The van der Waals surface area contributed by atoms with Crippen LogP contribution in [0.15, 0.2) is 36.8 Å². The van der Waals surface area contributed by atoms with E-state index in [-0.39, 0.29) is 55.0 Å². The lowest BCUT2D eigenvalue weighted by atomic mass is 9.71. The number of amides is 6. The number of ether oxygens (including phenoxy) is 1. The lowest BCUT2D eigenvalue weighted by molar-refractivity contribution is -0.143. The number of piperidine rings is 4. The predicted molar refractivity (Wildman–Crippen MR) is 290 cm³/mol. The van der Waals surface area contributed by atoms with Crippen molar-refractivity contribution in [3.63, 3.8) is 0 Å². The van der Waals surface area contributed by atoms with Crippen LogP contribution in [0.25, 0.3) is 0 Å². The van der Waals surface area contributed by atoms with Gasteiger partial charge in [-0.15, -0.1) is 0 Å². The zero-order chi connectivity index (χ0) is 54.1. The highest BCUT2D eigenvalue weighted by Gasteiger charge is 2.46. The minimum Gasteiger partial charge on any atom is -0.462 e. The van der Waals surface area contributed by atoms with Gasteiger partial charge >= 0.3 is 5.97 Å². The first-order chi connectivity index (χ1) is 37.8. The number of anilines is 4. The molecular formula is C57H77N13O8. The first-order valence-corrected chi connectivity index (χ1v) is 29.0. The van der Waals surface area contributed by atoms with E-state index in [2.05, 4.69) is 55.5 Å². The number of piperazine rings is 1. The molecule has 5 saturated heterocycles. The molecule has 1 atom stereocenters. The number of rotatable bonds is 13. The molecule has 3 aromatic rings. The van der Waals surface area contributed by atoms with E-state index in [1.54, 1.807) is 29.9 Å². The maximum absolute atomic E-state index is 13.9. The number of benzene rings is 1. The molecule has 7 fully saturated rings. The number of likely N-dealkylation sites (tertiary alicyclic amines) is 2. The van der Waals surface area contributed by atoms with E-state index in [1.165, 1.54) is 19.0 Å². The maximum Gasteiger partial charge on any atom is 0.343 e. The number of carbonyl (C=O) groups excluding carboxylic acids is 7. The SMILES string of the molecule is CCOC(=O)c1cnc(Nc2cnn(C)c2)nc1NC1CCC(N2CCN(C(=O)C3CCC(C(=O)N4CCC(CN5CCC6(CC5)CCN(c5ccc7c(c5)C(=O)N(C5CCC(=O)NC5=O)C7=O)CC6)CC4)CC3)CC2)CC1. The van der Waals surface area contributed by atoms with Gasteiger partial charge in [-0.3, -0.25) is 48.6 Å². The van der Waals surface area contributed by atoms with E-state index in [0.717, 1.165) is 165 Å². The summed E-state index contributed by atoms with van der Waals surface area (Å²) in [5.41, 5.74) is 2.92. The maximum atomic E-state index is 13.9. The summed E-state index contributed by atoms with van der Waals surface area (Å²) in [7, 11) is 1.84. The van der Waals surface area contributed by atoms with Gasteiger partial charge in [0.1, 0.15) is 17.4 Å². The third-order valence-corrected chi connectivity index (χ3v) is 18.8. The van der Waals surface area contributed by atoms with Crippen LogP contribution < -0.4 is 20.9 Å². The summed E-state index contributed by atoms with van der Waals surface area (Å²) < 4.78 is 7.00. The molecule has 0 radical (unpaired) electrons. The minimum absolute atomic E-state index is 0.00296. The highest BCUT2D eigenvalue weighted by molar-refractivity contribution is 6.23. The monoisotopic (exact) mass is 1070 g/mol. The third-order valence-electron chi connectivity index (χ3n) is 18.8. The summed E-state index contributed by atoms with van der Waals surface area (Å²) >= 11 is 0. The fraction of sp³-hybridized carbons (Fsp3) is 0.649. The Labute approximate surface area is 456 Å². The second-order valence-electron chi connectivity index (χ2n) is 23.5. The molecule has 78 heavy (non-hydrogen) atoms. The number of hydrogen-bond donors (Lipinski definition) is 3. The van der Waals surface area contributed by atoms with Gasteiger partial charge in [0.2, 0.25) is 29.6 Å². The molecule has 6 aliphatic heterocycles. The quantitative estimate of drug-likeness (QED) is 0.154. The second kappa shape index (κ2) is 23.1. The summed E-state index contributed by atoms with van der Waals surface area (Å²) in [5.74, 6) is -0.413. The van der Waals surface area contributed by atoms with Crippen LogP contribution in [0.5, 0.6) is 0 Å². The molecule has 0 bridgehead atoms. The van der Waals surface area contributed by atoms with Crippen molar-refractivity contribution in [1.29, 1.82) is 0 Å². The first-order valence-electron chi connectivity index (χ1n) is 29.0. The molecule has 2 aliphatic carbocycles. The number of nitrogens with zero attached hydrogens (tertiary/aromatic N) is 10. The van der Waals surface area contributed by atoms with Crippen LogP contribution in [0.3, 0.4) is 0 Å². The molecule has 418 valence electrons. The smallest absolute Gasteiger partial charge is 0.343 e. The second-order valence-corrected chi connectivity index (χ2v) is 23.5. The number of fused-ring (bicyclic) bond motifs is 1. The number of imide groups is 2. The van der Waals surface area contributed by atoms with Crippen molar-refractivity contribution >= 4 is 64.6 Å². The molecule has 1 unspecified atom stereocenters. The topological polar surface area (TPSA) is 228 Å². The van der Waals surface area contributed by atoms with Crippen LogP contribution in [-0.2, 0) is 31.0 Å². The predicted octanol–water partition coefficient (Wildman–Crippen LogP) is 4.83. The normalized spacial score (nSPS) is 26.5. The summed E-state index contributed by atoms with van der Waals surface area (Å²) in [6.07, 6.45) is 18.9. The Balaban J connectivity index is 0.564. The van der Waals surface area contributed by atoms with Crippen molar-refractivity contribution < 1.29 is 38.3 Å². The number of nitrogens with one attached hydrogen (secondary N) is 3. The zero-order valence-electron chi connectivity index (χ0n) is 45.5. The largest absolute Gasteiger partial charge is 0.462 e. The molecule has 2 saturated carbocycles. The van der Waals surface area contributed by atoms with E-state index in [1.807, 2.05) is 19.3 Å². The Hall–Kier alpha value is -6.48. The number of esters is 1. The molecule has 3 N–H and O–H groups in total. The van der Waals surface area contributed by atoms with E-state index >= 15 is 0 Å². The molecule has 8 heterocycles. The summed E-state index contributed by atoms with van der Waals surface area (Å²) in [5, 5.41) is 13.2. The molecule has 11 rings (SSSR count). The fourth-order valence-corrected chi connectivity index (χ4v) is 14.0. The molecule has 2 aromatic heterocycles. The van der Waals surface area contributed by atoms with Crippen molar-refractivity contribution in [3.8, 4) is 0 Å². The van der Waals surface area contributed by atoms with Crippen LogP contribution in [0.4, 0.5) is 23.1 Å². The van der Waals surface area contributed by atoms with Crippen LogP contribution in [0, 0.1) is 23.2 Å². The molecule has 1 spiro atoms. The van der Waals surface area contributed by atoms with E-state index in [4.69, 9.17) is 4.74 Å². The lowest BCUT2D eigenvalue weighted by Crippen LogP contribution is -2.54. The fourth-order valence-electron chi connectivity index (χ4n) is 14.0. The van der Waals surface area contributed by atoms with Crippen molar-refractivity contribution in [2.45, 2.75) is 128 Å². The Kier molecular flexibility index (Phi) is 15.8. The van der Waals surface area contributed by atoms with E-state index in [9.17, 15) is 33.6 Å². The van der Waals surface area contributed by atoms with Gasteiger partial charge in [0.05, 0.1) is 29.6 Å². The van der Waals surface area contributed by atoms with Gasteiger partial charge in [0, 0.05) is 114 Å². The van der Waals surface area contributed by atoms with Crippen molar-refractivity contribution in [3.05, 3.63) is 53.5 Å². The van der Waals surface area contributed by atoms with Gasteiger partial charge in [0.15, 0.2) is 0 Å².